The maximum Gasteiger partial charge on any atom is 0.340 e. The third kappa shape index (κ3) is 3.56. The van der Waals surface area contributed by atoms with Gasteiger partial charge in [0.15, 0.2) is 0 Å². The summed E-state index contributed by atoms with van der Waals surface area (Å²) >= 11 is 0. The topological polar surface area (TPSA) is 94.3 Å². The summed E-state index contributed by atoms with van der Waals surface area (Å²) < 4.78 is 4.95. The summed E-state index contributed by atoms with van der Waals surface area (Å²) in [4.78, 5) is 27.8. The van der Waals surface area contributed by atoms with E-state index in [1.54, 1.807) is 37.3 Å². The number of ether oxygens (including phenoxy) is 1. The number of aromatic nitrogens is 1. The molecule has 1 heterocycles. The van der Waals surface area contributed by atoms with Crippen molar-refractivity contribution >= 4 is 23.3 Å². The standard InChI is InChI=1S/C15H15N3O3/c1-2-21-15(20)11-5-3-4-6-12(11)18-14(19)13-8-7-10(16)9-17-13/h3-9H,2,16H2,1H3,(H,18,19). The zero-order chi connectivity index (χ0) is 15.2. The first-order valence-electron chi connectivity index (χ1n) is 6.41. The predicted molar refractivity (Wildman–Crippen MR) is 79.0 cm³/mol. The van der Waals surface area contributed by atoms with Gasteiger partial charge in [-0.15, -0.1) is 0 Å². The van der Waals surface area contributed by atoms with E-state index < -0.39 is 11.9 Å². The monoisotopic (exact) mass is 285 g/mol. The molecule has 6 nitrogen and oxygen atoms in total. The molecule has 1 aromatic carbocycles. The fourth-order valence-corrected chi connectivity index (χ4v) is 1.70. The molecule has 3 N–H and O–H groups in total. The van der Waals surface area contributed by atoms with E-state index in [4.69, 9.17) is 10.5 Å². The van der Waals surface area contributed by atoms with Gasteiger partial charge in [0.1, 0.15) is 5.69 Å². The second kappa shape index (κ2) is 6.51. The van der Waals surface area contributed by atoms with Crippen LogP contribution in [0.3, 0.4) is 0 Å². The number of pyridine rings is 1. The molecule has 1 amide bonds. The van der Waals surface area contributed by atoms with Gasteiger partial charge in [-0.25, -0.2) is 9.78 Å². The molecule has 0 unspecified atom stereocenters. The van der Waals surface area contributed by atoms with Gasteiger partial charge >= 0.3 is 5.97 Å². The molecule has 0 saturated carbocycles. The molecule has 2 rings (SSSR count). The van der Waals surface area contributed by atoms with Crippen LogP contribution in [0.25, 0.3) is 0 Å². The minimum atomic E-state index is -0.487. The van der Waals surface area contributed by atoms with E-state index in [1.807, 2.05) is 0 Å². The highest BCUT2D eigenvalue weighted by Crippen LogP contribution is 2.17. The van der Waals surface area contributed by atoms with Gasteiger partial charge in [0, 0.05) is 0 Å². The van der Waals surface area contributed by atoms with Crippen molar-refractivity contribution in [3.8, 4) is 0 Å². The van der Waals surface area contributed by atoms with Crippen molar-refractivity contribution in [2.75, 3.05) is 17.7 Å². The highest BCUT2D eigenvalue weighted by Gasteiger charge is 2.15. The number of nitrogen functional groups attached to an aromatic ring is 1. The minimum absolute atomic E-state index is 0.211. The Balaban J connectivity index is 2.21. The number of nitrogens with one attached hydrogen (secondary N) is 1. The van der Waals surface area contributed by atoms with Crippen LogP contribution in [0.15, 0.2) is 42.6 Å². The lowest BCUT2D eigenvalue weighted by atomic mass is 10.1. The Labute approximate surface area is 121 Å². The normalized spacial score (nSPS) is 9.95. The van der Waals surface area contributed by atoms with Gasteiger partial charge in [0.2, 0.25) is 0 Å². The lowest BCUT2D eigenvalue weighted by Gasteiger charge is -2.10. The van der Waals surface area contributed by atoms with Crippen LogP contribution < -0.4 is 11.1 Å². The van der Waals surface area contributed by atoms with Gasteiger partial charge in [-0.05, 0) is 31.2 Å². The van der Waals surface area contributed by atoms with E-state index in [0.717, 1.165) is 0 Å². The lowest BCUT2D eigenvalue weighted by molar-refractivity contribution is 0.0527. The van der Waals surface area contributed by atoms with Crippen molar-refractivity contribution in [3.05, 3.63) is 53.9 Å². The molecule has 108 valence electrons. The van der Waals surface area contributed by atoms with E-state index >= 15 is 0 Å². The molecule has 0 bridgehead atoms. The maximum atomic E-state index is 12.1. The zero-order valence-corrected chi connectivity index (χ0v) is 11.5. The van der Waals surface area contributed by atoms with Gasteiger partial charge in [0.25, 0.3) is 5.91 Å². The van der Waals surface area contributed by atoms with Crippen molar-refractivity contribution in [1.29, 1.82) is 0 Å². The highest BCUT2D eigenvalue weighted by atomic mass is 16.5. The van der Waals surface area contributed by atoms with Crippen LogP contribution >= 0.6 is 0 Å². The Morgan fingerprint density at radius 1 is 1.24 bits per heavy atom. The van der Waals surface area contributed by atoms with E-state index in [-0.39, 0.29) is 12.3 Å². The molecular formula is C15H15N3O3. The smallest absolute Gasteiger partial charge is 0.340 e. The first-order valence-corrected chi connectivity index (χ1v) is 6.41. The van der Waals surface area contributed by atoms with Gasteiger partial charge < -0.3 is 15.8 Å². The Morgan fingerprint density at radius 2 is 2.00 bits per heavy atom. The van der Waals surface area contributed by atoms with Gasteiger partial charge in [-0.3, -0.25) is 4.79 Å². The van der Waals surface area contributed by atoms with E-state index in [1.165, 1.54) is 12.3 Å². The third-order valence-corrected chi connectivity index (χ3v) is 2.69. The van der Waals surface area contributed by atoms with Crippen LogP contribution in [-0.4, -0.2) is 23.5 Å². The number of nitrogens with zero attached hydrogens (tertiary/aromatic N) is 1. The molecular weight excluding hydrogens is 270 g/mol. The number of esters is 1. The number of amides is 1. The molecule has 0 saturated heterocycles. The quantitative estimate of drug-likeness (QED) is 0.839. The van der Waals surface area contributed by atoms with Crippen LogP contribution in [0.4, 0.5) is 11.4 Å². The predicted octanol–water partition coefficient (Wildman–Crippen LogP) is 2.09. The molecule has 0 aliphatic rings. The zero-order valence-electron chi connectivity index (χ0n) is 11.5. The van der Waals surface area contributed by atoms with Crippen LogP contribution in [0, 0.1) is 0 Å². The number of rotatable bonds is 4. The molecule has 0 aliphatic carbocycles. The minimum Gasteiger partial charge on any atom is -0.462 e. The number of anilines is 2. The molecule has 2 aromatic rings. The highest BCUT2D eigenvalue weighted by molar-refractivity contribution is 6.07. The first kappa shape index (κ1) is 14.5. The number of benzene rings is 1. The van der Waals surface area contributed by atoms with Crippen molar-refractivity contribution in [2.45, 2.75) is 6.92 Å². The Hall–Kier alpha value is -2.89. The molecule has 1 aromatic heterocycles. The average Bonchev–Trinajstić information content (AvgIpc) is 2.48. The summed E-state index contributed by atoms with van der Waals surface area (Å²) in [7, 11) is 0. The average molecular weight is 285 g/mol. The summed E-state index contributed by atoms with van der Waals surface area (Å²) in [5.41, 5.74) is 6.87. The van der Waals surface area contributed by atoms with Crippen LogP contribution in [0.5, 0.6) is 0 Å². The molecule has 0 atom stereocenters. The number of carbonyl (C=O) groups excluding carboxylic acids is 2. The third-order valence-electron chi connectivity index (χ3n) is 2.69. The van der Waals surface area contributed by atoms with Crippen LogP contribution in [0.1, 0.15) is 27.8 Å². The second-order valence-corrected chi connectivity index (χ2v) is 4.20. The fraction of sp³-hybridized carbons (Fsp3) is 0.133. The number of para-hydroxylation sites is 1. The number of hydrogen-bond donors (Lipinski definition) is 2. The number of nitrogens with two attached hydrogens (primary N) is 1. The fourth-order valence-electron chi connectivity index (χ4n) is 1.70. The van der Waals surface area contributed by atoms with Crippen molar-refractivity contribution < 1.29 is 14.3 Å². The Bertz CT molecular complexity index is 653. The summed E-state index contributed by atoms with van der Waals surface area (Å²) in [5, 5.41) is 2.64. The van der Waals surface area contributed by atoms with Crippen molar-refractivity contribution in [3.63, 3.8) is 0 Å². The number of hydrogen-bond acceptors (Lipinski definition) is 5. The van der Waals surface area contributed by atoms with E-state index in [2.05, 4.69) is 10.3 Å². The van der Waals surface area contributed by atoms with Crippen LogP contribution in [-0.2, 0) is 4.74 Å². The molecule has 21 heavy (non-hydrogen) atoms. The molecule has 0 aliphatic heterocycles. The van der Waals surface area contributed by atoms with Crippen molar-refractivity contribution in [1.82, 2.24) is 4.98 Å². The Morgan fingerprint density at radius 3 is 2.67 bits per heavy atom. The maximum absolute atomic E-state index is 12.1. The molecule has 6 heteroatoms. The lowest BCUT2D eigenvalue weighted by Crippen LogP contribution is -2.17. The Kier molecular flexibility index (Phi) is 4.50. The first-order chi connectivity index (χ1) is 10.1. The number of carbonyl (C=O) groups is 2. The summed E-state index contributed by atoms with van der Waals surface area (Å²) in [5.74, 6) is -0.912. The molecule has 0 spiro atoms. The summed E-state index contributed by atoms with van der Waals surface area (Å²) in [6.07, 6.45) is 1.40. The molecule has 0 fully saturated rings. The van der Waals surface area contributed by atoms with E-state index in [0.29, 0.717) is 16.9 Å². The second-order valence-electron chi connectivity index (χ2n) is 4.20. The van der Waals surface area contributed by atoms with Gasteiger partial charge in [0.05, 0.1) is 29.7 Å². The van der Waals surface area contributed by atoms with Gasteiger partial charge in [-0.1, -0.05) is 12.1 Å². The molecule has 0 radical (unpaired) electrons. The van der Waals surface area contributed by atoms with Crippen molar-refractivity contribution in [2.24, 2.45) is 0 Å². The van der Waals surface area contributed by atoms with Gasteiger partial charge in [-0.2, -0.15) is 0 Å². The summed E-state index contributed by atoms with van der Waals surface area (Å²) in [6, 6.07) is 9.72. The largest absolute Gasteiger partial charge is 0.462 e. The van der Waals surface area contributed by atoms with Crippen LogP contribution in [0.2, 0.25) is 0 Å². The van der Waals surface area contributed by atoms with E-state index in [9.17, 15) is 9.59 Å². The summed E-state index contributed by atoms with van der Waals surface area (Å²) in [6.45, 7) is 1.98. The SMILES string of the molecule is CCOC(=O)c1ccccc1NC(=O)c1ccc(N)cn1.